The van der Waals surface area contributed by atoms with Crippen molar-refractivity contribution in [2.75, 3.05) is 39.2 Å². The smallest absolute Gasteiger partial charge is 0.0700 e. The van der Waals surface area contributed by atoms with Crippen LogP contribution in [0.4, 0.5) is 0 Å². The summed E-state index contributed by atoms with van der Waals surface area (Å²) in [7, 11) is 1.70. The van der Waals surface area contributed by atoms with Crippen molar-refractivity contribution in [1.29, 1.82) is 0 Å². The highest BCUT2D eigenvalue weighted by molar-refractivity contribution is 7.98. The summed E-state index contributed by atoms with van der Waals surface area (Å²) < 4.78 is 10.4. The van der Waals surface area contributed by atoms with E-state index in [9.17, 15) is 0 Å². The fourth-order valence-electron chi connectivity index (χ4n) is 2.25. The van der Waals surface area contributed by atoms with Crippen LogP contribution in [0.25, 0.3) is 0 Å². The van der Waals surface area contributed by atoms with Gasteiger partial charge in [0.1, 0.15) is 0 Å². The molecule has 0 bridgehead atoms. The molecule has 106 valence electrons. The lowest BCUT2D eigenvalue weighted by molar-refractivity contribution is 0.0693. The molecular weight excluding hydrogens is 258 g/mol. The quantitative estimate of drug-likeness (QED) is 0.742. The largest absolute Gasteiger partial charge is 0.382 e. The van der Waals surface area contributed by atoms with Gasteiger partial charge in [0.05, 0.1) is 13.2 Å². The van der Waals surface area contributed by atoms with Crippen LogP contribution in [-0.2, 0) is 15.2 Å². The van der Waals surface area contributed by atoms with Gasteiger partial charge in [-0.3, -0.25) is 0 Å². The Morgan fingerprint density at radius 3 is 3.05 bits per heavy atom. The zero-order chi connectivity index (χ0) is 13.3. The zero-order valence-electron chi connectivity index (χ0n) is 11.6. The topological polar surface area (TPSA) is 30.5 Å². The summed E-state index contributed by atoms with van der Waals surface area (Å²) in [4.78, 5) is 0. The molecule has 1 atom stereocenters. The van der Waals surface area contributed by atoms with Crippen molar-refractivity contribution in [3.8, 4) is 0 Å². The Morgan fingerprint density at radius 2 is 2.16 bits per heavy atom. The Balaban J connectivity index is 1.67. The molecule has 19 heavy (non-hydrogen) atoms. The van der Waals surface area contributed by atoms with E-state index in [0.29, 0.717) is 19.3 Å². The van der Waals surface area contributed by atoms with Gasteiger partial charge < -0.3 is 14.8 Å². The number of hydrogen-bond acceptors (Lipinski definition) is 4. The maximum atomic E-state index is 5.46. The Hall–Kier alpha value is -0.550. The van der Waals surface area contributed by atoms with Crippen LogP contribution in [0.1, 0.15) is 23.6 Å². The minimum atomic E-state index is 0.494. The van der Waals surface area contributed by atoms with E-state index in [-0.39, 0.29) is 0 Å². The first kappa shape index (κ1) is 14.9. The Kier molecular flexibility index (Phi) is 6.71. The molecular formula is C15H23NO2S. The zero-order valence-corrected chi connectivity index (χ0v) is 12.4. The van der Waals surface area contributed by atoms with E-state index in [0.717, 1.165) is 25.3 Å². The van der Waals surface area contributed by atoms with Crippen LogP contribution < -0.4 is 5.32 Å². The third-order valence-electron chi connectivity index (χ3n) is 3.26. The van der Waals surface area contributed by atoms with E-state index in [1.807, 2.05) is 11.8 Å². The highest BCUT2D eigenvalue weighted by Gasteiger charge is 2.18. The lowest BCUT2D eigenvalue weighted by atomic mass is 10.0. The summed E-state index contributed by atoms with van der Waals surface area (Å²) in [6.45, 7) is 3.18. The molecule has 1 aliphatic heterocycles. The summed E-state index contributed by atoms with van der Waals surface area (Å²) in [5.74, 6) is 2.32. The molecule has 1 N–H and O–H groups in total. The summed E-state index contributed by atoms with van der Waals surface area (Å²) in [6.07, 6.45) is 1.05. The molecule has 0 saturated carbocycles. The number of ether oxygens (including phenoxy) is 2. The third-order valence-corrected chi connectivity index (χ3v) is 4.34. The second-order valence-electron chi connectivity index (χ2n) is 4.68. The number of benzene rings is 1. The highest BCUT2D eigenvalue weighted by atomic mass is 32.2. The van der Waals surface area contributed by atoms with Gasteiger partial charge in [-0.25, -0.2) is 0 Å². The van der Waals surface area contributed by atoms with Crippen LogP contribution in [-0.4, -0.2) is 39.2 Å². The summed E-state index contributed by atoms with van der Waals surface area (Å²) in [5.41, 5.74) is 2.95. The van der Waals surface area contributed by atoms with Crippen molar-refractivity contribution in [2.24, 2.45) is 0 Å². The van der Waals surface area contributed by atoms with Gasteiger partial charge in [0.25, 0.3) is 0 Å². The average Bonchev–Trinajstić information content (AvgIpc) is 2.46. The first-order valence-corrected chi connectivity index (χ1v) is 8.03. The monoisotopic (exact) mass is 281 g/mol. The van der Waals surface area contributed by atoms with Gasteiger partial charge in [-0.2, -0.15) is 11.8 Å². The third kappa shape index (κ3) is 4.80. The second-order valence-corrected chi connectivity index (χ2v) is 5.71. The molecule has 1 aromatic rings. The van der Waals surface area contributed by atoms with Gasteiger partial charge in [-0.05, 0) is 24.1 Å². The normalized spacial score (nSPS) is 18.3. The van der Waals surface area contributed by atoms with Crippen LogP contribution in [0.5, 0.6) is 0 Å². The van der Waals surface area contributed by atoms with E-state index in [2.05, 4.69) is 29.6 Å². The van der Waals surface area contributed by atoms with Crippen LogP contribution in [0.15, 0.2) is 24.3 Å². The Labute approximate surface area is 120 Å². The molecule has 1 aromatic carbocycles. The molecule has 0 aliphatic carbocycles. The molecule has 4 heteroatoms. The molecule has 0 fully saturated rings. The first-order chi connectivity index (χ1) is 9.42. The van der Waals surface area contributed by atoms with Gasteiger partial charge >= 0.3 is 0 Å². The molecule has 1 unspecified atom stereocenters. The number of fused-ring (bicyclic) bond motifs is 1. The fraction of sp³-hybridized carbons (Fsp3) is 0.600. The van der Waals surface area contributed by atoms with Gasteiger partial charge in [0.15, 0.2) is 0 Å². The van der Waals surface area contributed by atoms with Crippen molar-refractivity contribution in [3.05, 3.63) is 35.4 Å². The number of methoxy groups -OCH3 is 1. The minimum absolute atomic E-state index is 0.494. The van der Waals surface area contributed by atoms with Gasteiger partial charge in [0, 0.05) is 31.3 Å². The molecule has 3 nitrogen and oxygen atoms in total. The van der Waals surface area contributed by atoms with E-state index in [1.54, 1.807) is 7.11 Å². The fourth-order valence-corrected chi connectivity index (χ4v) is 3.38. The van der Waals surface area contributed by atoms with Crippen molar-refractivity contribution < 1.29 is 9.47 Å². The Bertz CT molecular complexity index is 373. The van der Waals surface area contributed by atoms with Crippen molar-refractivity contribution in [2.45, 2.75) is 18.2 Å². The lowest BCUT2D eigenvalue weighted by Gasteiger charge is -2.26. The minimum Gasteiger partial charge on any atom is -0.382 e. The molecule has 2 rings (SSSR count). The second kappa shape index (κ2) is 8.59. The molecule has 1 heterocycles. The van der Waals surface area contributed by atoms with E-state index in [4.69, 9.17) is 9.47 Å². The SMILES string of the molecule is COCCOCCCNC1CSCc2ccccc21. The van der Waals surface area contributed by atoms with E-state index < -0.39 is 0 Å². The van der Waals surface area contributed by atoms with Gasteiger partial charge in [0.2, 0.25) is 0 Å². The summed E-state index contributed by atoms with van der Waals surface area (Å²) >= 11 is 2.01. The van der Waals surface area contributed by atoms with Crippen LogP contribution >= 0.6 is 11.8 Å². The maximum Gasteiger partial charge on any atom is 0.0700 e. The molecule has 0 radical (unpaired) electrons. The predicted molar refractivity (Wildman–Crippen MR) is 80.7 cm³/mol. The summed E-state index contributed by atoms with van der Waals surface area (Å²) in [5, 5.41) is 3.64. The lowest BCUT2D eigenvalue weighted by Crippen LogP contribution is -2.28. The number of thioether (sulfide) groups is 1. The van der Waals surface area contributed by atoms with Gasteiger partial charge in [-0.1, -0.05) is 24.3 Å². The van der Waals surface area contributed by atoms with E-state index in [1.165, 1.54) is 16.9 Å². The Morgan fingerprint density at radius 1 is 1.26 bits per heavy atom. The van der Waals surface area contributed by atoms with Crippen LogP contribution in [0.2, 0.25) is 0 Å². The molecule has 0 amide bonds. The molecule has 0 saturated heterocycles. The van der Waals surface area contributed by atoms with E-state index >= 15 is 0 Å². The average molecular weight is 281 g/mol. The highest BCUT2D eigenvalue weighted by Crippen LogP contribution is 2.31. The number of rotatable bonds is 8. The first-order valence-electron chi connectivity index (χ1n) is 6.87. The number of hydrogen-bond donors (Lipinski definition) is 1. The van der Waals surface area contributed by atoms with Crippen LogP contribution in [0.3, 0.4) is 0 Å². The van der Waals surface area contributed by atoms with Gasteiger partial charge in [-0.15, -0.1) is 0 Å². The standard InChI is InChI=1S/C15H23NO2S/c1-17-9-10-18-8-4-7-16-15-12-19-11-13-5-2-3-6-14(13)15/h2-3,5-6,15-16H,4,7-12H2,1H3. The predicted octanol–water partition coefficient (Wildman–Crippen LogP) is 2.62. The molecule has 1 aliphatic rings. The van der Waals surface area contributed by atoms with Crippen molar-refractivity contribution in [3.63, 3.8) is 0 Å². The number of nitrogens with one attached hydrogen (secondary N) is 1. The molecule has 0 spiro atoms. The maximum absolute atomic E-state index is 5.46. The van der Waals surface area contributed by atoms with Crippen LogP contribution in [0, 0.1) is 0 Å². The summed E-state index contributed by atoms with van der Waals surface area (Å²) in [6, 6.07) is 9.25. The van der Waals surface area contributed by atoms with Crippen molar-refractivity contribution in [1.82, 2.24) is 5.32 Å². The molecule has 0 aromatic heterocycles. The van der Waals surface area contributed by atoms with Crippen molar-refractivity contribution >= 4 is 11.8 Å².